The number of rotatable bonds is 7. The minimum absolute atomic E-state index is 0.149. The number of hydrogen-bond donors (Lipinski definition) is 2. The molecule has 2 aromatic rings. The lowest BCUT2D eigenvalue weighted by Crippen LogP contribution is -2.47. The van der Waals surface area contributed by atoms with Crippen molar-refractivity contribution in [2.24, 2.45) is 11.3 Å². The van der Waals surface area contributed by atoms with Crippen LogP contribution in [-0.2, 0) is 17.9 Å². The average molecular weight is 311 g/mol. The van der Waals surface area contributed by atoms with Crippen molar-refractivity contribution in [3.8, 4) is 0 Å². The van der Waals surface area contributed by atoms with E-state index in [1.807, 2.05) is 50.2 Å². The second-order valence-electron chi connectivity index (χ2n) is 6.47. The third-order valence-electron chi connectivity index (χ3n) is 3.86. The van der Waals surface area contributed by atoms with Crippen LogP contribution in [0.25, 0.3) is 0 Å². The van der Waals surface area contributed by atoms with Crippen LogP contribution in [0.5, 0.6) is 0 Å². The Morgan fingerprint density at radius 1 is 0.957 bits per heavy atom. The number of carbonyl (C=O) groups excluding carboxylic acids is 1. The van der Waals surface area contributed by atoms with Gasteiger partial charge in [-0.2, -0.15) is 0 Å². The van der Waals surface area contributed by atoms with Crippen LogP contribution in [-0.4, -0.2) is 17.4 Å². The number of amides is 1. The van der Waals surface area contributed by atoms with Gasteiger partial charge in [-0.25, -0.2) is 5.84 Å². The van der Waals surface area contributed by atoms with Crippen molar-refractivity contribution in [3.05, 3.63) is 71.8 Å². The number of hydrazine groups is 1. The number of nitrogens with one attached hydrogen (secondary N) is 1. The average Bonchev–Trinajstić information content (AvgIpc) is 2.55. The first-order valence-corrected chi connectivity index (χ1v) is 7.82. The fraction of sp³-hybridized carbons (Fsp3) is 0.316. The van der Waals surface area contributed by atoms with E-state index in [0.29, 0.717) is 6.54 Å². The third kappa shape index (κ3) is 5.20. The molecule has 122 valence electrons. The van der Waals surface area contributed by atoms with Crippen molar-refractivity contribution < 1.29 is 4.79 Å². The van der Waals surface area contributed by atoms with Gasteiger partial charge in [0.15, 0.2) is 0 Å². The summed E-state index contributed by atoms with van der Waals surface area (Å²) in [5.74, 6) is 5.17. The maximum Gasteiger partial charge on any atom is 0.240 e. The molecule has 1 amide bonds. The van der Waals surface area contributed by atoms with E-state index in [1.165, 1.54) is 11.1 Å². The second-order valence-corrected chi connectivity index (χ2v) is 6.47. The molecule has 0 spiro atoms. The lowest BCUT2D eigenvalue weighted by Gasteiger charge is -2.31. The molecular weight excluding hydrogens is 286 g/mol. The standard InChI is InChI=1S/C19H25N3O/c1-19(2,18(23)21-20)15-22(13-16-9-5-3-6-10-16)14-17-11-7-4-8-12-17/h3-12H,13-15,20H2,1-2H3,(H,21,23). The summed E-state index contributed by atoms with van der Waals surface area (Å²) in [7, 11) is 0. The first kappa shape index (κ1) is 17.2. The van der Waals surface area contributed by atoms with Crippen molar-refractivity contribution in [3.63, 3.8) is 0 Å². The van der Waals surface area contributed by atoms with E-state index >= 15 is 0 Å². The van der Waals surface area contributed by atoms with Crippen molar-refractivity contribution in [1.82, 2.24) is 10.3 Å². The molecule has 0 saturated heterocycles. The molecule has 3 N–H and O–H groups in total. The van der Waals surface area contributed by atoms with Crippen LogP contribution < -0.4 is 11.3 Å². The molecule has 4 nitrogen and oxygen atoms in total. The molecule has 23 heavy (non-hydrogen) atoms. The zero-order valence-electron chi connectivity index (χ0n) is 13.8. The van der Waals surface area contributed by atoms with Gasteiger partial charge in [0.25, 0.3) is 0 Å². The molecule has 0 saturated carbocycles. The van der Waals surface area contributed by atoms with Crippen molar-refractivity contribution in [2.75, 3.05) is 6.54 Å². The summed E-state index contributed by atoms with van der Waals surface area (Å²) in [6.07, 6.45) is 0. The Morgan fingerprint density at radius 2 is 1.39 bits per heavy atom. The van der Waals surface area contributed by atoms with Crippen LogP contribution in [0, 0.1) is 5.41 Å². The zero-order valence-corrected chi connectivity index (χ0v) is 13.8. The van der Waals surface area contributed by atoms with Crippen LogP contribution in [0.2, 0.25) is 0 Å². The molecular formula is C19H25N3O. The van der Waals surface area contributed by atoms with Gasteiger partial charge < -0.3 is 0 Å². The predicted octanol–water partition coefficient (Wildman–Crippen LogP) is 2.70. The molecule has 2 aromatic carbocycles. The number of nitrogens with two attached hydrogens (primary N) is 1. The minimum Gasteiger partial charge on any atom is -0.294 e. The Labute approximate surface area is 138 Å². The Balaban J connectivity index is 2.15. The largest absolute Gasteiger partial charge is 0.294 e. The molecule has 0 aromatic heterocycles. The summed E-state index contributed by atoms with van der Waals surface area (Å²) in [5, 5.41) is 0. The van der Waals surface area contributed by atoms with Gasteiger partial charge >= 0.3 is 0 Å². The predicted molar refractivity (Wildman–Crippen MR) is 93.1 cm³/mol. The molecule has 4 heteroatoms. The van der Waals surface area contributed by atoms with E-state index in [4.69, 9.17) is 5.84 Å². The van der Waals surface area contributed by atoms with E-state index in [-0.39, 0.29) is 5.91 Å². The van der Waals surface area contributed by atoms with Gasteiger partial charge in [-0.05, 0) is 25.0 Å². The van der Waals surface area contributed by atoms with Gasteiger partial charge in [0.1, 0.15) is 0 Å². The monoisotopic (exact) mass is 311 g/mol. The molecule has 0 aliphatic rings. The van der Waals surface area contributed by atoms with E-state index in [1.54, 1.807) is 0 Å². The topological polar surface area (TPSA) is 58.4 Å². The number of benzene rings is 2. The van der Waals surface area contributed by atoms with Gasteiger partial charge in [0.2, 0.25) is 5.91 Å². The smallest absolute Gasteiger partial charge is 0.240 e. The van der Waals surface area contributed by atoms with E-state index in [9.17, 15) is 4.79 Å². The minimum atomic E-state index is -0.557. The van der Waals surface area contributed by atoms with Gasteiger partial charge in [-0.3, -0.25) is 15.1 Å². The summed E-state index contributed by atoms with van der Waals surface area (Å²) in [4.78, 5) is 14.3. The Kier molecular flexibility index (Phi) is 5.90. The first-order chi connectivity index (χ1) is 11.0. The summed E-state index contributed by atoms with van der Waals surface area (Å²) in [6.45, 7) is 6.03. The Hall–Kier alpha value is -2.17. The van der Waals surface area contributed by atoms with Gasteiger partial charge in [-0.15, -0.1) is 0 Å². The van der Waals surface area contributed by atoms with Crippen molar-refractivity contribution in [2.45, 2.75) is 26.9 Å². The molecule has 0 radical (unpaired) electrons. The zero-order chi connectivity index (χ0) is 16.7. The quantitative estimate of drug-likeness (QED) is 0.469. The van der Waals surface area contributed by atoms with E-state index < -0.39 is 5.41 Å². The molecule has 2 rings (SSSR count). The number of hydrogen-bond acceptors (Lipinski definition) is 3. The summed E-state index contributed by atoms with van der Waals surface area (Å²) in [6, 6.07) is 20.6. The molecule has 0 aliphatic heterocycles. The molecule has 0 heterocycles. The van der Waals surface area contributed by atoms with Crippen LogP contribution >= 0.6 is 0 Å². The maximum absolute atomic E-state index is 12.0. The summed E-state index contributed by atoms with van der Waals surface area (Å²) in [5.41, 5.74) is 4.17. The van der Waals surface area contributed by atoms with Crippen LogP contribution in [0.1, 0.15) is 25.0 Å². The maximum atomic E-state index is 12.0. The lowest BCUT2D eigenvalue weighted by molar-refractivity contribution is -0.130. The first-order valence-electron chi connectivity index (χ1n) is 7.82. The van der Waals surface area contributed by atoms with Crippen LogP contribution in [0.15, 0.2) is 60.7 Å². The van der Waals surface area contributed by atoms with Crippen molar-refractivity contribution in [1.29, 1.82) is 0 Å². The fourth-order valence-corrected chi connectivity index (χ4v) is 2.68. The second kappa shape index (κ2) is 7.90. The molecule has 0 aliphatic carbocycles. The van der Waals surface area contributed by atoms with Crippen molar-refractivity contribution >= 4 is 5.91 Å². The van der Waals surface area contributed by atoms with Crippen LogP contribution in [0.3, 0.4) is 0 Å². The van der Waals surface area contributed by atoms with E-state index in [0.717, 1.165) is 13.1 Å². The highest BCUT2D eigenvalue weighted by molar-refractivity contribution is 5.81. The number of carbonyl (C=O) groups is 1. The van der Waals surface area contributed by atoms with Gasteiger partial charge in [0.05, 0.1) is 5.41 Å². The Bertz CT molecular complexity index is 570. The van der Waals surface area contributed by atoms with Crippen LogP contribution in [0.4, 0.5) is 0 Å². The summed E-state index contributed by atoms with van der Waals surface area (Å²) >= 11 is 0. The molecule has 0 fully saturated rings. The molecule has 0 atom stereocenters. The lowest BCUT2D eigenvalue weighted by atomic mass is 9.91. The fourth-order valence-electron chi connectivity index (χ4n) is 2.68. The third-order valence-corrected chi connectivity index (χ3v) is 3.86. The summed E-state index contributed by atoms with van der Waals surface area (Å²) < 4.78 is 0. The molecule has 0 bridgehead atoms. The van der Waals surface area contributed by atoms with Gasteiger partial charge in [0, 0.05) is 19.6 Å². The normalized spacial score (nSPS) is 11.5. The number of nitrogens with zero attached hydrogens (tertiary/aromatic N) is 1. The SMILES string of the molecule is CC(C)(CN(Cc1ccccc1)Cc1ccccc1)C(=O)NN. The van der Waals surface area contributed by atoms with Gasteiger partial charge in [-0.1, -0.05) is 60.7 Å². The highest BCUT2D eigenvalue weighted by atomic mass is 16.2. The highest BCUT2D eigenvalue weighted by Crippen LogP contribution is 2.20. The highest BCUT2D eigenvalue weighted by Gasteiger charge is 2.29. The Morgan fingerprint density at radius 3 is 1.78 bits per heavy atom. The van der Waals surface area contributed by atoms with E-state index in [2.05, 4.69) is 34.6 Å². The molecule has 0 unspecified atom stereocenters.